The monoisotopic (exact) mass is 1800 g/mol. The number of furan rings is 2. The zero-order valence-corrected chi connectivity index (χ0v) is 79.0. The molecule has 0 unspecified atom stereocenters. The molecule has 0 bridgehead atoms. The van der Waals surface area contributed by atoms with Crippen LogP contribution < -0.4 is 14.7 Å². The quantitative estimate of drug-likeness (QED) is 0.108. The molecule has 0 saturated carbocycles. The Morgan fingerprint density at radius 2 is 0.511 bits per heavy atom. The van der Waals surface area contributed by atoms with E-state index < -0.39 is 0 Å². The fourth-order valence-electron chi connectivity index (χ4n) is 22.7. The third-order valence-corrected chi connectivity index (χ3v) is 30.5. The minimum atomic E-state index is -0.149. The van der Waals surface area contributed by atoms with Crippen LogP contribution >= 0.6 is 11.3 Å². The summed E-state index contributed by atoms with van der Waals surface area (Å²) >= 11 is 1.90. The number of benzene rings is 21. The number of thiophene rings is 1. The van der Waals surface area contributed by atoms with Gasteiger partial charge in [-0.05, 0) is 261 Å². The second kappa shape index (κ2) is 33.9. The van der Waals surface area contributed by atoms with E-state index in [1.807, 2.05) is 11.3 Å². The number of fused-ring (bicyclic) bond motifs is 22. The molecule has 0 fully saturated rings. The smallest absolute Gasteiger partial charge is 0.159 e. The van der Waals surface area contributed by atoms with Crippen molar-refractivity contribution < 1.29 is 8.83 Å². The van der Waals surface area contributed by atoms with Crippen molar-refractivity contribution in [3.8, 4) is 89.0 Å². The van der Waals surface area contributed by atoms with Crippen molar-refractivity contribution >= 4 is 137 Å². The van der Waals surface area contributed by atoms with Crippen molar-refractivity contribution in [2.75, 3.05) is 14.7 Å². The van der Waals surface area contributed by atoms with Gasteiger partial charge in [-0.1, -0.05) is 393 Å². The van der Waals surface area contributed by atoms with Gasteiger partial charge in [-0.2, -0.15) is 0 Å². The lowest BCUT2D eigenvalue weighted by molar-refractivity contribution is 0.657. The van der Waals surface area contributed by atoms with Crippen LogP contribution in [0.5, 0.6) is 0 Å². The summed E-state index contributed by atoms with van der Waals surface area (Å²) in [6, 6.07) is 173. The van der Waals surface area contributed by atoms with Gasteiger partial charge in [0.25, 0.3) is 0 Å². The highest BCUT2D eigenvalue weighted by molar-refractivity contribution is 7.25. The molecule has 3 aliphatic carbocycles. The van der Waals surface area contributed by atoms with Crippen LogP contribution in [-0.4, -0.2) is 0 Å². The highest BCUT2D eigenvalue weighted by Gasteiger charge is 2.42. The fraction of sp³-hybridized carbons (Fsp3) is 0.0677. The van der Waals surface area contributed by atoms with E-state index in [0.29, 0.717) is 0 Å². The Morgan fingerprint density at radius 1 is 0.194 bits per heavy atom. The normalized spacial score (nSPS) is 13.1. The average Bonchev–Trinajstić information content (AvgIpc) is 1.56. The van der Waals surface area contributed by atoms with Crippen LogP contribution in [0.4, 0.5) is 51.2 Å². The molecule has 0 atom stereocenters. The molecule has 0 saturated heterocycles. The molecule has 139 heavy (non-hydrogen) atoms. The second-order valence-electron chi connectivity index (χ2n) is 38.5. The second-order valence-corrected chi connectivity index (χ2v) is 39.6. The highest BCUT2D eigenvalue weighted by Crippen LogP contribution is 2.59. The zero-order chi connectivity index (χ0) is 93.2. The fourth-order valence-corrected chi connectivity index (χ4v) is 23.8. The molecule has 0 radical (unpaired) electrons. The average molecular weight is 1800 g/mol. The van der Waals surface area contributed by atoms with Gasteiger partial charge in [0, 0.05) is 97.8 Å². The Kier molecular flexibility index (Phi) is 20.4. The summed E-state index contributed by atoms with van der Waals surface area (Å²) in [4.78, 5) is 7.04. The maximum absolute atomic E-state index is 6.87. The van der Waals surface area contributed by atoms with E-state index in [0.717, 1.165) is 84.3 Å². The minimum Gasteiger partial charge on any atom is -0.454 e. The number of anilines is 9. The standard InChI is InChI=1S/C45H33NO.C45H33NS.C43H31NO/c1-45(2)39-18-10-9-16-36(39)37-28-29-41-42(43(37)45)38-17-11-19-40(44(38)47-41)46(34-24-20-32(21-25-34)30-12-5-3-6-13-30)35-26-22-33(23-27-35)31-14-7-4-8-15-31;1-45(2)40-29-36(25-26-37(40)38-27-28-42-43(44(38)45)39-15-9-10-16-41(39)47-42)46(34-21-17-32(18-22-34)30-11-5-3-6-12-30)35-23-19-33(20-24-35)31-13-7-4-8-14-31;1-43(2)37-17-9-8-15-34(37)35-25-26-39-40(41(35)43)36-16-10-18-38(42(36)45-39)44(32-13-4-3-5-14-32)33-23-21-29(22-24-33)31-20-19-28-11-6-7-12-30(28)27-31/h2*3-29H,1-2H3;3-27H,1-2H3. The Balaban J connectivity index is 0.000000110. The van der Waals surface area contributed by atoms with Crippen molar-refractivity contribution in [3.63, 3.8) is 0 Å². The van der Waals surface area contributed by atoms with Crippen LogP contribution in [0.15, 0.2) is 488 Å². The number of para-hydroxylation sites is 3. The first kappa shape index (κ1) is 83.9. The summed E-state index contributed by atoms with van der Waals surface area (Å²) in [6.45, 7) is 14.2. The summed E-state index contributed by atoms with van der Waals surface area (Å²) in [7, 11) is 0. The van der Waals surface area contributed by atoms with Gasteiger partial charge in [0.15, 0.2) is 11.2 Å². The van der Waals surface area contributed by atoms with E-state index in [2.05, 4.69) is 535 Å². The van der Waals surface area contributed by atoms with E-state index in [9.17, 15) is 0 Å². The van der Waals surface area contributed by atoms with Crippen LogP contribution in [-0.2, 0) is 16.2 Å². The van der Waals surface area contributed by atoms with Gasteiger partial charge >= 0.3 is 0 Å². The van der Waals surface area contributed by atoms with Gasteiger partial charge in [-0.25, -0.2) is 0 Å². The van der Waals surface area contributed by atoms with E-state index >= 15 is 0 Å². The summed E-state index contributed by atoms with van der Waals surface area (Å²) < 4.78 is 16.4. The van der Waals surface area contributed by atoms with Gasteiger partial charge in [0.05, 0.1) is 11.4 Å². The zero-order valence-electron chi connectivity index (χ0n) is 78.2. The Bertz CT molecular complexity index is 8680. The molecule has 0 aliphatic heterocycles. The molecule has 0 spiro atoms. The molecule has 5 nitrogen and oxygen atoms in total. The Labute approximate surface area is 814 Å². The largest absolute Gasteiger partial charge is 0.454 e. The third kappa shape index (κ3) is 14.3. The molecule has 3 heterocycles. The number of hydrogen-bond acceptors (Lipinski definition) is 6. The first-order valence-corrected chi connectivity index (χ1v) is 49.0. The molecule has 3 aromatic heterocycles. The SMILES string of the molecule is CC1(C)c2cc(N(c3ccc(-c4ccccc4)cc3)c3ccc(-c4ccccc4)cc3)ccc2-c2ccc3sc4ccccc4c3c21.CC1(C)c2ccccc2-c2ccc3oc4c(N(c5ccc(-c6ccccc6)cc5)c5ccc(-c6ccccc6)cc5)cccc4c3c21.CC1(C)c2ccccc2-c2ccc3oc4c(N(c5ccccc5)c5ccc(-c6ccc7ccccc7c6)cc5)cccc4c3c21. The van der Waals surface area contributed by atoms with Crippen molar-refractivity contribution in [2.45, 2.75) is 57.8 Å². The Morgan fingerprint density at radius 3 is 0.964 bits per heavy atom. The van der Waals surface area contributed by atoms with Crippen LogP contribution in [0, 0.1) is 0 Å². The van der Waals surface area contributed by atoms with Crippen molar-refractivity contribution in [3.05, 3.63) is 513 Å². The van der Waals surface area contributed by atoms with E-state index in [1.165, 1.54) is 164 Å². The Hall–Kier alpha value is -16.9. The molecule has 0 N–H and O–H groups in total. The molecule has 0 amide bonds. The topological polar surface area (TPSA) is 36.0 Å². The van der Waals surface area contributed by atoms with Crippen LogP contribution in [0.2, 0.25) is 0 Å². The van der Waals surface area contributed by atoms with E-state index in [4.69, 9.17) is 8.83 Å². The summed E-state index contributed by atoms with van der Waals surface area (Å²) in [5.74, 6) is 0. The van der Waals surface area contributed by atoms with Crippen LogP contribution in [0.3, 0.4) is 0 Å². The highest BCUT2D eigenvalue weighted by atomic mass is 32.1. The summed E-state index contributed by atoms with van der Waals surface area (Å²) in [5, 5.41) is 9.99. The third-order valence-electron chi connectivity index (χ3n) is 29.3. The maximum Gasteiger partial charge on any atom is 0.159 e. The molecule has 27 rings (SSSR count). The number of nitrogens with zero attached hydrogens (tertiary/aromatic N) is 3. The van der Waals surface area contributed by atoms with Crippen molar-refractivity contribution in [1.82, 2.24) is 0 Å². The molecular weight excluding hydrogens is 1700 g/mol. The van der Waals surface area contributed by atoms with E-state index in [1.54, 1.807) is 0 Å². The molecule has 3 aliphatic rings. The van der Waals surface area contributed by atoms with Gasteiger partial charge < -0.3 is 23.5 Å². The number of hydrogen-bond donors (Lipinski definition) is 0. The van der Waals surface area contributed by atoms with Crippen LogP contribution in [0.25, 0.3) is 164 Å². The molecule has 662 valence electrons. The molecule has 24 aromatic rings. The summed E-state index contributed by atoms with van der Waals surface area (Å²) in [6.07, 6.45) is 0. The molecule has 21 aromatic carbocycles. The number of rotatable bonds is 14. The van der Waals surface area contributed by atoms with Crippen molar-refractivity contribution in [1.29, 1.82) is 0 Å². The lowest BCUT2D eigenvalue weighted by Gasteiger charge is -2.28. The lowest BCUT2D eigenvalue weighted by atomic mass is 9.80. The first-order chi connectivity index (χ1) is 68.2. The van der Waals surface area contributed by atoms with Crippen LogP contribution in [0.1, 0.15) is 74.9 Å². The predicted octanol–water partition coefficient (Wildman–Crippen LogP) is 38.0. The first-order valence-electron chi connectivity index (χ1n) is 48.2. The molecular formula is C133H97N3O2S. The molecule has 6 heteroatoms. The summed E-state index contributed by atoms with van der Waals surface area (Å²) in [5.41, 5.74) is 41.3. The van der Waals surface area contributed by atoms with Crippen molar-refractivity contribution in [2.24, 2.45) is 0 Å². The minimum absolute atomic E-state index is 0.129. The van der Waals surface area contributed by atoms with Gasteiger partial charge in [0.2, 0.25) is 0 Å². The van der Waals surface area contributed by atoms with E-state index in [-0.39, 0.29) is 16.2 Å². The maximum atomic E-state index is 6.87. The van der Waals surface area contributed by atoms with Gasteiger partial charge in [-0.3, -0.25) is 0 Å². The van der Waals surface area contributed by atoms with Gasteiger partial charge in [-0.15, -0.1) is 11.3 Å². The van der Waals surface area contributed by atoms with Gasteiger partial charge in [0.1, 0.15) is 11.2 Å². The lowest BCUT2D eigenvalue weighted by Crippen LogP contribution is -2.17. The predicted molar refractivity (Wildman–Crippen MR) is 588 cm³/mol.